The van der Waals surface area contributed by atoms with Crippen LogP contribution in [0.5, 0.6) is 0 Å². The average Bonchev–Trinajstić information content (AvgIpc) is 3.63. The molecule has 8 nitrogen and oxygen atoms in total. The molecule has 0 spiro atoms. The van der Waals surface area contributed by atoms with Crippen LogP contribution in [0, 0.1) is 0 Å². The lowest BCUT2D eigenvalue weighted by Gasteiger charge is -2.05. The number of thioether (sulfide) groups is 2. The van der Waals surface area contributed by atoms with E-state index in [-0.39, 0.29) is 17.6 Å². The van der Waals surface area contributed by atoms with Crippen LogP contribution in [0.4, 0.5) is 10.3 Å². The number of aromatic nitrogens is 4. The average molecular weight is 601 g/mol. The maximum absolute atomic E-state index is 12.8. The molecule has 0 unspecified atom stereocenters. The van der Waals surface area contributed by atoms with Crippen LogP contribution in [0.1, 0.15) is 15.9 Å². The Morgan fingerprint density at radius 3 is 2.02 bits per heavy atom. The molecule has 2 heterocycles. The van der Waals surface area contributed by atoms with E-state index in [9.17, 15) is 9.59 Å². The molecule has 0 aliphatic carbocycles. The summed E-state index contributed by atoms with van der Waals surface area (Å²) in [7, 11) is 0. The molecule has 0 atom stereocenters. The number of hydrogen-bond donors (Lipinski definition) is 2. The van der Waals surface area contributed by atoms with Gasteiger partial charge in [0.1, 0.15) is 0 Å². The van der Waals surface area contributed by atoms with Crippen LogP contribution in [0.25, 0.3) is 21.5 Å². The maximum atomic E-state index is 12.8. The topological polar surface area (TPSA) is 110 Å². The highest BCUT2D eigenvalue weighted by Crippen LogP contribution is 2.31. The van der Waals surface area contributed by atoms with Crippen LogP contribution < -0.4 is 10.6 Å². The number of carbonyl (C=O) groups excluding carboxylic acids is 2. The minimum Gasteiger partial charge on any atom is -0.300 e. The lowest BCUT2D eigenvalue weighted by molar-refractivity contribution is -0.113. The van der Waals surface area contributed by atoms with Gasteiger partial charge in [-0.05, 0) is 33.2 Å². The first-order chi connectivity index (χ1) is 19.6. The third-order valence-corrected chi connectivity index (χ3v) is 9.86. The second-order valence-corrected chi connectivity index (χ2v) is 12.9. The van der Waals surface area contributed by atoms with Crippen molar-refractivity contribution in [1.82, 2.24) is 20.4 Å². The van der Waals surface area contributed by atoms with Crippen LogP contribution in [0.2, 0.25) is 0 Å². The van der Waals surface area contributed by atoms with Crippen molar-refractivity contribution in [2.24, 2.45) is 0 Å². The van der Waals surface area contributed by atoms with Crippen molar-refractivity contribution >= 4 is 89.8 Å². The van der Waals surface area contributed by atoms with Gasteiger partial charge in [-0.25, -0.2) is 0 Å². The Morgan fingerprint density at radius 2 is 1.25 bits per heavy atom. The largest absolute Gasteiger partial charge is 0.300 e. The van der Waals surface area contributed by atoms with E-state index in [1.54, 1.807) is 17.8 Å². The Kier molecular flexibility index (Phi) is 8.00. The van der Waals surface area contributed by atoms with Gasteiger partial charge in [0, 0.05) is 11.3 Å². The molecule has 40 heavy (non-hydrogen) atoms. The number of anilines is 2. The summed E-state index contributed by atoms with van der Waals surface area (Å²) in [6, 6.07) is 27.9. The van der Waals surface area contributed by atoms with Gasteiger partial charge in [0.15, 0.2) is 8.68 Å². The van der Waals surface area contributed by atoms with Gasteiger partial charge in [-0.3, -0.25) is 20.2 Å². The van der Waals surface area contributed by atoms with Gasteiger partial charge < -0.3 is 0 Å². The molecule has 198 valence electrons. The highest BCUT2D eigenvalue weighted by Gasteiger charge is 2.15. The molecule has 4 aromatic carbocycles. The number of benzene rings is 4. The lowest BCUT2D eigenvalue weighted by atomic mass is 10.0. The molecule has 0 saturated carbocycles. The lowest BCUT2D eigenvalue weighted by Crippen LogP contribution is -2.13. The molecule has 0 fully saturated rings. The van der Waals surface area contributed by atoms with Gasteiger partial charge in [-0.1, -0.05) is 125 Å². The standard InChI is InChI=1S/C28H20N6O2S4/c35-23(29-25-31-33-27(39-25)37-15-19-11-5-9-17-7-1-3-12-20(17)19)16-38-28-34-32-26(40-28)30-24(36)22-14-6-10-18-8-2-4-13-21(18)22/h1-14H,15-16H2,(H,29,31,35)(H,30,32,36). The first-order valence-corrected chi connectivity index (χ1v) is 15.7. The second kappa shape index (κ2) is 12.1. The Morgan fingerprint density at radius 1 is 0.650 bits per heavy atom. The predicted octanol–water partition coefficient (Wildman–Crippen LogP) is 6.97. The van der Waals surface area contributed by atoms with E-state index in [1.165, 1.54) is 50.8 Å². The monoisotopic (exact) mass is 600 g/mol. The van der Waals surface area contributed by atoms with Crippen LogP contribution in [-0.4, -0.2) is 38.0 Å². The first-order valence-electron chi connectivity index (χ1n) is 12.1. The van der Waals surface area contributed by atoms with Crippen molar-refractivity contribution in [3.63, 3.8) is 0 Å². The van der Waals surface area contributed by atoms with Crippen molar-refractivity contribution in [3.8, 4) is 0 Å². The molecule has 0 radical (unpaired) electrons. The van der Waals surface area contributed by atoms with Crippen LogP contribution in [0.15, 0.2) is 93.6 Å². The third kappa shape index (κ3) is 6.15. The number of rotatable bonds is 9. The molecule has 0 bridgehead atoms. The third-order valence-electron chi connectivity index (χ3n) is 5.87. The van der Waals surface area contributed by atoms with E-state index >= 15 is 0 Å². The SMILES string of the molecule is O=C(CSc1nnc(NC(=O)c2cccc3ccccc23)s1)Nc1nnc(SCc2cccc3ccccc23)s1. The highest BCUT2D eigenvalue weighted by molar-refractivity contribution is 8.01. The zero-order valence-corrected chi connectivity index (χ0v) is 24.0. The van der Waals surface area contributed by atoms with Crippen LogP contribution in [-0.2, 0) is 10.5 Å². The van der Waals surface area contributed by atoms with Gasteiger partial charge in [0.2, 0.25) is 16.2 Å². The van der Waals surface area contributed by atoms with Gasteiger partial charge in [0.05, 0.1) is 5.75 Å². The van der Waals surface area contributed by atoms with E-state index in [4.69, 9.17) is 0 Å². The fourth-order valence-electron chi connectivity index (χ4n) is 4.07. The molecule has 0 saturated heterocycles. The number of amides is 2. The van der Waals surface area contributed by atoms with E-state index in [2.05, 4.69) is 61.4 Å². The zero-order chi connectivity index (χ0) is 27.3. The molecule has 12 heteroatoms. The normalized spacial score (nSPS) is 11.1. The van der Waals surface area contributed by atoms with Crippen molar-refractivity contribution in [3.05, 3.63) is 96.1 Å². The molecule has 0 aliphatic rings. The fraction of sp³-hybridized carbons (Fsp3) is 0.0714. The van der Waals surface area contributed by atoms with Crippen molar-refractivity contribution < 1.29 is 9.59 Å². The van der Waals surface area contributed by atoms with Crippen molar-refractivity contribution in [2.45, 2.75) is 14.4 Å². The molecule has 2 N–H and O–H groups in total. The molecule has 6 rings (SSSR count). The number of fused-ring (bicyclic) bond motifs is 2. The molecular formula is C28H20N6O2S4. The summed E-state index contributed by atoms with van der Waals surface area (Å²) >= 11 is 5.40. The summed E-state index contributed by atoms with van der Waals surface area (Å²) in [5.74, 6) is 0.413. The van der Waals surface area contributed by atoms with Crippen molar-refractivity contribution in [2.75, 3.05) is 16.4 Å². The van der Waals surface area contributed by atoms with Crippen LogP contribution >= 0.6 is 46.2 Å². The molecule has 6 aromatic rings. The van der Waals surface area contributed by atoms with E-state index in [0.717, 1.165) is 20.9 Å². The first kappa shape index (κ1) is 26.4. The molecule has 0 aliphatic heterocycles. The zero-order valence-electron chi connectivity index (χ0n) is 20.7. The Labute approximate surface area is 245 Å². The molecular weight excluding hydrogens is 581 g/mol. The number of hydrogen-bond acceptors (Lipinski definition) is 10. The molecule has 2 aromatic heterocycles. The minimum absolute atomic E-state index is 0.129. The quantitative estimate of drug-likeness (QED) is 0.135. The fourth-order valence-corrected chi connectivity index (χ4v) is 7.38. The van der Waals surface area contributed by atoms with Crippen molar-refractivity contribution in [1.29, 1.82) is 0 Å². The van der Waals surface area contributed by atoms with Gasteiger partial charge >= 0.3 is 0 Å². The summed E-state index contributed by atoms with van der Waals surface area (Å²) in [6.07, 6.45) is 0. The predicted molar refractivity (Wildman–Crippen MR) is 165 cm³/mol. The summed E-state index contributed by atoms with van der Waals surface area (Å²) in [5.41, 5.74) is 1.79. The summed E-state index contributed by atoms with van der Waals surface area (Å²) in [6.45, 7) is 0. The molecule has 2 amide bonds. The number of carbonyl (C=O) groups is 2. The second-order valence-electron chi connectivity index (χ2n) is 8.49. The van der Waals surface area contributed by atoms with E-state index < -0.39 is 0 Å². The van der Waals surface area contributed by atoms with E-state index in [0.29, 0.717) is 20.2 Å². The van der Waals surface area contributed by atoms with Gasteiger partial charge in [0.25, 0.3) is 5.91 Å². The summed E-state index contributed by atoms with van der Waals surface area (Å²) in [5, 5.41) is 27.2. The summed E-state index contributed by atoms with van der Waals surface area (Å²) in [4.78, 5) is 25.3. The Hall–Kier alpha value is -3.84. The van der Waals surface area contributed by atoms with Crippen LogP contribution in [0.3, 0.4) is 0 Å². The summed E-state index contributed by atoms with van der Waals surface area (Å²) < 4.78 is 1.36. The minimum atomic E-state index is -0.257. The van der Waals surface area contributed by atoms with Gasteiger partial charge in [-0.2, -0.15) is 0 Å². The van der Waals surface area contributed by atoms with E-state index in [1.807, 2.05) is 48.5 Å². The Balaban J connectivity index is 0.997. The Bertz CT molecular complexity index is 1830. The van der Waals surface area contributed by atoms with Gasteiger partial charge in [-0.15, -0.1) is 20.4 Å². The smallest absolute Gasteiger partial charge is 0.258 e. The number of nitrogens with zero attached hydrogens (tertiary/aromatic N) is 4. The highest BCUT2D eigenvalue weighted by atomic mass is 32.2. The number of nitrogens with one attached hydrogen (secondary N) is 2. The maximum Gasteiger partial charge on any atom is 0.258 e.